The summed E-state index contributed by atoms with van der Waals surface area (Å²) in [6.07, 6.45) is 1.61. The van der Waals surface area contributed by atoms with Crippen LogP contribution in [0.25, 0.3) is 10.8 Å². The summed E-state index contributed by atoms with van der Waals surface area (Å²) in [4.78, 5) is 24.0. The lowest BCUT2D eigenvalue weighted by molar-refractivity contribution is -0.122. The molecule has 1 N–H and O–H groups in total. The van der Waals surface area contributed by atoms with Gasteiger partial charge in [0.2, 0.25) is 5.91 Å². The van der Waals surface area contributed by atoms with Gasteiger partial charge in [0.05, 0.1) is 6.04 Å². The maximum absolute atomic E-state index is 12.2. The highest BCUT2D eigenvalue weighted by atomic mass is 79.9. The molecule has 122 valence electrons. The van der Waals surface area contributed by atoms with Crippen LogP contribution in [0.5, 0.6) is 0 Å². The first-order chi connectivity index (χ1) is 11.5. The molecule has 3 rings (SSSR count). The molecular formula is C19H17BrN2O2. The SMILES string of the molecule is C[C@@H](NC(=O)Cn1cc(Br)ccc1=O)c1ccc2ccccc2c1. The highest BCUT2D eigenvalue weighted by Gasteiger charge is 2.11. The third kappa shape index (κ3) is 3.74. The fourth-order valence-corrected chi connectivity index (χ4v) is 3.01. The summed E-state index contributed by atoms with van der Waals surface area (Å²) in [6.45, 7) is 1.93. The number of amides is 1. The van der Waals surface area contributed by atoms with Gasteiger partial charge in [0, 0.05) is 16.7 Å². The Morgan fingerprint density at radius 2 is 1.88 bits per heavy atom. The second-order valence-electron chi connectivity index (χ2n) is 5.71. The van der Waals surface area contributed by atoms with E-state index >= 15 is 0 Å². The number of aromatic nitrogens is 1. The van der Waals surface area contributed by atoms with Gasteiger partial charge in [-0.3, -0.25) is 9.59 Å². The minimum absolute atomic E-state index is 0.00378. The van der Waals surface area contributed by atoms with Crippen LogP contribution in [0.3, 0.4) is 0 Å². The Bertz CT molecular complexity index is 949. The molecule has 2 aromatic carbocycles. The van der Waals surface area contributed by atoms with E-state index in [0.717, 1.165) is 15.4 Å². The van der Waals surface area contributed by atoms with Crippen molar-refractivity contribution in [2.45, 2.75) is 19.5 Å². The Morgan fingerprint density at radius 3 is 2.67 bits per heavy atom. The highest BCUT2D eigenvalue weighted by Crippen LogP contribution is 2.20. The summed E-state index contributed by atoms with van der Waals surface area (Å²) in [5.74, 6) is -0.198. The lowest BCUT2D eigenvalue weighted by Gasteiger charge is -2.16. The van der Waals surface area contributed by atoms with Gasteiger partial charge < -0.3 is 9.88 Å². The number of rotatable bonds is 4. The minimum Gasteiger partial charge on any atom is -0.348 e. The minimum atomic E-state index is -0.202. The molecule has 0 saturated carbocycles. The van der Waals surface area contributed by atoms with E-state index in [1.165, 1.54) is 16.0 Å². The van der Waals surface area contributed by atoms with Crippen LogP contribution in [0.15, 0.2) is 70.1 Å². The van der Waals surface area contributed by atoms with Crippen LogP contribution in [-0.4, -0.2) is 10.5 Å². The molecule has 1 heterocycles. The second kappa shape index (κ2) is 7.01. The van der Waals surface area contributed by atoms with Gasteiger partial charge in [0.25, 0.3) is 5.56 Å². The number of benzene rings is 2. The molecule has 0 aliphatic carbocycles. The maximum atomic E-state index is 12.2. The molecule has 0 aliphatic rings. The van der Waals surface area contributed by atoms with E-state index in [2.05, 4.69) is 39.4 Å². The van der Waals surface area contributed by atoms with Crippen LogP contribution in [0.4, 0.5) is 0 Å². The summed E-state index contributed by atoms with van der Waals surface area (Å²) < 4.78 is 2.14. The summed E-state index contributed by atoms with van der Waals surface area (Å²) in [6, 6.07) is 17.2. The molecule has 4 nitrogen and oxygen atoms in total. The third-order valence-corrected chi connectivity index (χ3v) is 4.38. The van der Waals surface area contributed by atoms with Crippen molar-refractivity contribution in [3.8, 4) is 0 Å². The lowest BCUT2D eigenvalue weighted by Crippen LogP contribution is -2.33. The van der Waals surface area contributed by atoms with Crippen molar-refractivity contribution in [1.29, 1.82) is 0 Å². The number of fused-ring (bicyclic) bond motifs is 1. The van der Waals surface area contributed by atoms with E-state index < -0.39 is 0 Å². The van der Waals surface area contributed by atoms with Gasteiger partial charge in [-0.2, -0.15) is 0 Å². The van der Waals surface area contributed by atoms with Gasteiger partial charge in [-0.1, -0.05) is 36.4 Å². The molecule has 5 heteroatoms. The first kappa shape index (κ1) is 16.5. The van der Waals surface area contributed by atoms with Crippen molar-refractivity contribution in [3.63, 3.8) is 0 Å². The Kier molecular flexibility index (Phi) is 4.81. The standard InChI is InChI=1S/C19H17BrN2O2/c1-13(15-7-6-14-4-2-3-5-16(14)10-15)21-18(23)12-22-11-17(20)8-9-19(22)24/h2-11,13H,12H2,1H3,(H,21,23)/t13-/m1/s1. The summed E-state index contributed by atoms with van der Waals surface area (Å²) in [5.41, 5.74) is 0.829. The van der Waals surface area contributed by atoms with Gasteiger partial charge in [-0.05, 0) is 51.3 Å². The van der Waals surface area contributed by atoms with E-state index in [1.54, 1.807) is 12.3 Å². The predicted molar refractivity (Wildman–Crippen MR) is 98.9 cm³/mol. The molecule has 1 aromatic heterocycles. The van der Waals surface area contributed by atoms with Gasteiger partial charge in [0.15, 0.2) is 0 Å². The largest absolute Gasteiger partial charge is 0.348 e. The fraction of sp³-hybridized carbons (Fsp3) is 0.158. The van der Waals surface area contributed by atoms with Crippen molar-refractivity contribution in [2.75, 3.05) is 0 Å². The Labute approximate surface area is 148 Å². The van der Waals surface area contributed by atoms with Crippen LogP contribution < -0.4 is 10.9 Å². The summed E-state index contributed by atoms with van der Waals surface area (Å²) >= 11 is 3.31. The maximum Gasteiger partial charge on any atom is 0.251 e. The van der Waals surface area contributed by atoms with Crippen molar-refractivity contribution >= 4 is 32.6 Å². The van der Waals surface area contributed by atoms with E-state index in [9.17, 15) is 9.59 Å². The van der Waals surface area contributed by atoms with Gasteiger partial charge in [-0.25, -0.2) is 0 Å². The molecule has 1 amide bonds. The molecule has 1 atom stereocenters. The number of pyridine rings is 1. The van der Waals surface area contributed by atoms with Crippen LogP contribution in [0, 0.1) is 0 Å². The van der Waals surface area contributed by atoms with Gasteiger partial charge in [0.1, 0.15) is 6.54 Å². The molecule has 0 fully saturated rings. The Hall–Kier alpha value is -2.40. The molecule has 0 saturated heterocycles. The number of halogens is 1. The molecular weight excluding hydrogens is 368 g/mol. The lowest BCUT2D eigenvalue weighted by atomic mass is 10.0. The fourth-order valence-electron chi connectivity index (χ4n) is 2.63. The topological polar surface area (TPSA) is 51.1 Å². The van der Waals surface area contributed by atoms with Crippen LogP contribution >= 0.6 is 15.9 Å². The zero-order valence-corrected chi connectivity index (χ0v) is 14.8. The van der Waals surface area contributed by atoms with Crippen LogP contribution in [0.1, 0.15) is 18.5 Å². The van der Waals surface area contributed by atoms with Crippen molar-refractivity contribution in [2.24, 2.45) is 0 Å². The van der Waals surface area contributed by atoms with E-state index in [-0.39, 0.29) is 24.1 Å². The zero-order chi connectivity index (χ0) is 17.1. The number of hydrogen-bond donors (Lipinski definition) is 1. The number of carbonyl (C=O) groups is 1. The summed E-state index contributed by atoms with van der Waals surface area (Å²) in [5, 5.41) is 5.25. The molecule has 24 heavy (non-hydrogen) atoms. The molecule has 0 aliphatic heterocycles. The van der Waals surface area contributed by atoms with Crippen molar-refractivity contribution < 1.29 is 4.79 Å². The predicted octanol–water partition coefficient (Wildman–Crippen LogP) is 3.64. The first-order valence-corrected chi connectivity index (χ1v) is 8.46. The van der Waals surface area contributed by atoms with Gasteiger partial charge >= 0.3 is 0 Å². The average Bonchev–Trinajstić information content (AvgIpc) is 2.57. The van der Waals surface area contributed by atoms with Crippen molar-refractivity contribution in [3.05, 3.63) is 81.2 Å². The number of hydrogen-bond acceptors (Lipinski definition) is 2. The van der Waals surface area contributed by atoms with Crippen LogP contribution in [-0.2, 0) is 11.3 Å². The number of carbonyl (C=O) groups excluding carboxylic acids is 1. The molecule has 0 spiro atoms. The van der Waals surface area contributed by atoms with E-state index in [1.807, 2.05) is 31.2 Å². The smallest absolute Gasteiger partial charge is 0.251 e. The first-order valence-electron chi connectivity index (χ1n) is 7.67. The number of nitrogens with zero attached hydrogens (tertiary/aromatic N) is 1. The van der Waals surface area contributed by atoms with E-state index in [4.69, 9.17) is 0 Å². The quantitative estimate of drug-likeness (QED) is 0.746. The van der Waals surface area contributed by atoms with E-state index in [0.29, 0.717) is 0 Å². The molecule has 0 bridgehead atoms. The normalized spacial score (nSPS) is 12.1. The third-order valence-electron chi connectivity index (χ3n) is 3.91. The number of nitrogens with one attached hydrogen (secondary N) is 1. The highest BCUT2D eigenvalue weighted by molar-refractivity contribution is 9.10. The monoisotopic (exact) mass is 384 g/mol. The summed E-state index contributed by atoms with van der Waals surface area (Å²) in [7, 11) is 0. The van der Waals surface area contributed by atoms with Crippen LogP contribution in [0.2, 0.25) is 0 Å². The van der Waals surface area contributed by atoms with Crippen molar-refractivity contribution in [1.82, 2.24) is 9.88 Å². The molecule has 0 radical (unpaired) electrons. The Morgan fingerprint density at radius 1 is 1.12 bits per heavy atom. The molecule has 3 aromatic rings. The average molecular weight is 385 g/mol. The zero-order valence-electron chi connectivity index (χ0n) is 13.2. The Balaban J connectivity index is 1.73. The second-order valence-corrected chi connectivity index (χ2v) is 6.62. The molecule has 0 unspecified atom stereocenters. The van der Waals surface area contributed by atoms with Gasteiger partial charge in [-0.15, -0.1) is 0 Å².